The third-order valence-electron chi connectivity index (χ3n) is 3.36. The fourth-order valence-corrected chi connectivity index (χ4v) is 2.15. The molecule has 0 aliphatic carbocycles. The smallest absolute Gasteiger partial charge is 0.118 e. The van der Waals surface area contributed by atoms with Crippen molar-refractivity contribution in [2.24, 2.45) is 5.84 Å². The summed E-state index contributed by atoms with van der Waals surface area (Å²) in [5.74, 6) is 6.55. The summed E-state index contributed by atoms with van der Waals surface area (Å²) in [6.45, 7) is 0. The summed E-state index contributed by atoms with van der Waals surface area (Å²) >= 11 is 0. The van der Waals surface area contributed by atoms with Crippen LogP contribution in [0.4, 0.5) is 5.69 Å². The average Bonchev–Trinajstić information content (AvgIpc) is 2.49. The molecule has 0 heterocycles. The van der Waals surface area contributed by atoms with Crippen molar-refractivity contribution in [3.63, 3.8) is 0 Å². The second-order valence-electron chi connectivity index (χ2n) is 4.86. The number of rotatable bonds is 5. The summed E-state index contributed by atoms with van der Waals surface area (Å²) in [6.07, 6.45) is 0. The minimum Gasteiger partial charge on any atom is -0.497 e. The zero-order valence-corrected chi connectivity index (χ0v) is 12.1. The number of anilines is 1. The van der Waals surface area contributed by atoms with Crippen LogP contribution in [0.2, 0.25) is 0 Å². The topological polar surface area (TPSA) is 50.5 Å². The van der Waals surface area contributed by atoms with E-state index in [2.05, 4.69) is 34.6 Å². The molecule has 20 heavy (non-hydrogen) atoms. The number of nitrogens with one attached hydrogen (secondary N) is 1. The third-order valence-corrected chi connectivity index (χ3v) is 3.36. The zero-order chi connectivity index (χ0) is 14.5. The Morgan fingerprint density at radius 1 is 0.950 bits per heavy atom. The minimum atomic E-state index is -0.0304. The summed E-state index contributed by atoms with van der Waals surface area (Å²) in [5, 5.41) is 0. The van der Waals surface area contributed by atoms with Crippen LogP contribution in [-0.4, -0.2) is 21.2 Å². The lowest BCUT2D eigenvalue weighted by atomic mass is 9.99. The van der Waals surface area contributed by atoms with E-state index in [9.17, 15) is 0 Å². The van der Waals surface area contributed by atoms with Crippen LogP contribution in [0.25, 0.3) is 0 Å². The Morgan fingerprint density at radius 2 is 1.45 bits per heavy atom. The molecule has 4 heteroatoms. The van der Waals surface area contributed by atoms with Crippen LogP contribution in [0.15, 0.2) is 48.5 Å². The van der Waals surface area contributed by atoms with E-state index in [-0.39, 0.29) is 6.04 Å². The maximum Gasteiger partial charge on any atom is 0.118 e. The van der Waals surface area contributed by atoms with E-state index in [0.717, 1.165) is 16.9 Å². The van der Waals surface area contributed by atoms with Crippen LogP contribution in [0.1, 0.15) is 17.2 Å². The largest absolute Gasteiger partial charge is 0.497 e. The molecule has 0 aliphatic rings. The Morgan fingerprint density at radius 3 is 1.85 bits per heavy atom. The Labute approximate surface area is 120 Å². The molecule has 2 aromatic rings. The van der Waals surface area contributed by atoms with Crippen molar-refractivity contribution in [1.29, 1.82) is 0 Å². The number of hydrogen-bond acceptors (Lipinski definition) is 4. The predicted molar refractivity (Wildman–Crippen MR) is 82.9 cm³/mol. The molecule has 0 saturated heterocycles. The molecule has 0 spiro atoms. The molecule has 0 amide bonds. The van der Waals surface area contributed by atoms with Crippen molar-refractivity contribution >= 4 is 5.69 Å². The maximum absolute atomic E-state index is 5.71. The number of nitrogens with two attached hydrogens (primary N) is 1. The summed E-state index contributed by atoms with van der Waals surface area (Å²) in [6, 6.07) is 16.2. The molecule has 2 rings (SSSR count). The van der Waals surface area contributed by atoms with Crippen molar-refractivity contribution < 1.29 is 4.74 Å². The second kappa shape index (κ2) is 6.41. The Hall–Kier alpha value is -2.04. The monoisotopic (exact) mass is 271 g/mol. The van der Waals surface area contributed by atoms with Gasteiger partial charge in [0.2, 0.25) is 0 Å². The van der Waals surface area contributed by atoms with Gasteiger partial charge in [-0.2, -0.15) is 0 Å². The van der Waals surface area contributed by atoms with Crippen LogP contribution in [0.3, 0.4) is 0 Å². The molecule has 3 N–H and O–H groups in total. The van der Waals surface area contributed by atoms with Crippen molar-refractivity contribution in [3.8, 4) is 5.75 Å². The first-order valence-corrected chi connectivity index (χ1v) is 6.53. The van der Waals surface area contributed by atoms with Gasteiger partial charge in [-0.05, 0) is 35.4 Å². The summed E-state index contributed by atoms with van der Waals surface area (Å²) in [4.78, 5) is 2.07. The molecule has 0 aromatic heterocycles. The Balaban J connectivity index is 2.26. The molecule has 2 aromatic carbocycles. The number of hydrazine groups is 1. The number of hydrogen-bond donors (Lipinski definition) is 2. The van der Waals surface area contributed by atoms with Gasteiger partial charge in [0.15, 0.2) is 0 Å². The third kappa shape index (κ3) is 3.10. The van der Waals surface area contributed by atoms with Gasteiger partial charge in [-0.1, -0.05) is 24.3 Å². The molecule has 0 saturated carbocycles. The number of ether oxygens (including phenoxy) is 1. The predicted octanol–water partition coefficient (Wildman–Crippen LogP) is 2.31. The molecule has 0 aliphatic heterocycles. The molecule has 4 nitrogen and oxygen atoms in total. The minimum absolute atomic E-state index is 0.0304. The van der Waals surface area contributed by atoms with Gasteiger partial charge in [0.1, 0.15) is 5.75 Å². The first-order valence-electron chi connectivity index (χ1n) is 6.53. The first-order chi connectivity index (χ1) is 9.65. The Kier molecular flexibility index (Phi) is 4.61. The number of methoxy groups -OCH3 is 1. The van der Waals surface area contributed by atoms with Gasteiger partial charge in [-0.15, -0.1) is 0 Å². The van der Waals surface area contributed by atoms with Crippen molar-refractivity contribution in [2.75, 3.05) is 26.1 Å². The highest BCUT2D eigenvalue weighted by Crippen LogP contribution is 2.25. The molecule has 1 unspecified atom stereocenters. The molecule has 1 atom stereocenters. The van der Waals surface area contributed by atoms with E-state index in [1.807, 2.05) is 38.4 Å². The number of nitrogens with zero attached hydrogens (tertiary/aromatic N) is 1. The van der Waals surface area contributed by atoms with Gasteiger partial charge in [0, 0.05) is 19.8 Å². The molecule has 0 radical (unpaired) electrons. The lowest BCUT2D eigenvalue weighted by molar-refractivity contribution is 0.414. The fourth-order valence-electron chi connectivity index (χ4n) is 2.15. The summed E-state index contributed by atoms with van der Waals surface area (Å²) in [7, 11) is 5.71. The van der Waals surface area contributed by atoms with E-state index in [1.54, 1.807) is 7.11 Å². The average molecular weight is 271 g/mol. The molecular formula is C16H21N3O. The van der Waals surface area contributed by atoms with E-state index in [1.165, 1.54) is 5.69 Å². The van der Waals surface area contributed by atoms with Gasteiger partial charge in [0.05, 0.1) is 13.2 Å². The van der Waals surface area contributed by atoms with Crippen LogP contribution in [0, 0.1) is 0 Å². The van der Waals surface area contributed by atoms with Crippen LogP contribution >= 0.6 is 0 Å². The lowest BCUT2D eigenvalue weighted by Crippen LogP contribution is -2.28. The van der Waals surface area contributed by atoms with E-state index in [0.29, 0.717) is 0 Å². The molecule has 106 valence electrons. The van der Waals surface area contributed by atoms with E-state index in [4.69, 9.17) is 10.6 Å². The lowest BCUT2D eigenvalue weighted by Gasteiger charge is -2.19. The highest BCUT2D eigenvalue weighted by atomic mass is 16.5. The summed E-state index contributed by atoms with van der Waals surface area (Å²) < 4.78 is 5.17. The quantitative estimate of drug-likeness (QED) is 0.647. The van der Waals surface area contributed by atoms with Gasteiger partial charge < -0.3 is 9.64 Å². The highest BCUT2D eigenvalue weighted by molar-refractivity contribution is 5.47. The standard InChI is InChI=1S/C16H21N3O/c1-19(2)14-8-4-12(5-9-14)16(18-17)13-6-10-15(20-3)11-7-13/h4-11,16,18H,17H2,1-3H3. The van der Waals surface area contributed by atoms with E-state index >= 15 is 0 Å². The van der Waals surface area contributed by atoms with Crippen molar-refractivity contribution in [2.45, 2.75) is 6.04 Å². The van der Waals surface area contributed by atoms with Crippen LogP contribution in [0.5, 0.6) is 5.75 Å². The van der Waals surface area contributed by atoms with Gasteiger partial charge >= 0.3 is 0 Å². The van der Waals surface area contributed by atoms with Gasteiger partial charge in [-0.3, -0.25) is 5.84 Å². The second-order valence-corrected chi connectivity index (χ2v) is 4.86. The first kappa shape index (κ1) is 14.4. The van der Waals surface area contributed by atoms with Crippen LogP contribution in [-0.2, 0) is 0 Å². The van der Waals surface area contributed by atoms with Crippen LogP contribution < -0.4 is 20.9 Å². The number of benzene rings is 2. The zero-order valence-electron chi connectivity index (χ0n) is 12.1. The van der Waals surface area contributed by atoms with Gasteiger partial charge in [0.25, 0.3) is 0 Å². The van der Waals surface area contributed by atoms with E-state index < -0.39 is 0 Å². The SMILES string of the molecule is COc1ccc(C(NN)c2ccc(N(C)C)cc2)cc1. The fraction of sp³-hybridized carbons (Fsp3) is 0.250. The Bertz CT molecular complexity index is 535. The molecule has 0 fully saturated rings. The highest BCUT2D eigenvalue weighted by Gasteiger charge is 2.12. The normalized spacial score (nSPS) is 12.0. The molecular weight excluding hydrogens is 250 g/mol. The van der Waals surface area contributed by atoms with Gasteiger partial charge in [-0.25, -0.2) is 5.43 Å². The maximum atomic E-state index is 5.71. The van der Waals surface area contributed by atoms with Crippen molar-refractivity contribution in [3.05, 3.63) is 59.7 Å². The molecule has 0 bridgehead atoms. The summed E-state index contributed by atoms with van der Waals surface area (Å²) in [5.41, 5.74) is 6.26. The van der Waals surface area contributed by atoms with Crippen molar-refractivity contribution in [1.82, 2.24) is 5.43 Å².